The Labute approximate surface area is 106 Å². The molecule has 0 amide bonds. The normalized spacial score (nSPS) is 16.6. The van der Waals surface area contributed by atoms with Crippen LogP contribution in [-0.2, 0) is 0 Å². The summed E-state index contributed by atoms with van der Waals surface area (Å²) in [6.45, 7) is 10.1. The van der Waals surface area contributed by atoms with E-state index in [9.17, 15) is 0 Å². The van der Waals surface area contributed by atoms with Crippen molar-refractivity contribution in [1.29, 1.82) is 0 Å². The average molecular weight is 232 g/mol. The van der Waals surface area contributed by atoms with Gasteiger partial charge in [0.15, 0.2) is 0 Å². The van der Waals surface area contributed by atoms with Crippen molar-refractivity contribution in [3.8, 4) is 0 Å². The Morgan fingerprint density at radius 1 is 1.18 bits per heavy atom. The van der Waals surface area contributed by atoms with Gasteiger partial charge in [-0.05, 0) is 45.8 Å². The SMILES string of the molecule is C/C=C\C(=C/C)N=NC1=CC=C(C)CC1.CC. The Morgan fingerprint density at radius 3 is 2.35 bits per heavy atom. The van der Waals surface area contributed by atoms with Crippen molar-refractivity contribution in [2.45, 2.75) is 47.5 Å². The van der Waals surface area contributed by atoms with Crippen LogP contribution in [0.25, 0.3) is 0 Å². The van der Waals surface area contributed by atoms with Gasteiger partial charge in [0, 0.05) is 0 Å². The maximum absolute atomic E-state index is 4.23. The molecule has 0 radical (unpaired) electrons. The van der Waals surface area contributed by atoms with Gasteiger partial charge in [0.25, 0.3) is 0 Å². The van der Waals surface area contributed by atoms with E-state index in [1.165, 1.54) is 5.57 Å². The molecule has 2 heteroatoms. The van der Waals surface area contributed by atoms with Crippen LogP contribution in [-0.4, -0.2) is 0 Å². The smallest absolute Gasteiger partial charge is 0.0811 e. The first kappa shape index (κ1) is 15.6. The number of azo groups is 1. The van der Waals surface area contributed by atoms with Crippen molar-refractivity contribution in [1.82, 2.24) is 0 Å². The number of hydrogen-bond acceptors (Lipinski definition) is 2. The van der Waals surface area contributed by atoms with E-state index in [0.29, 0.717) is 0 Å². The van der Waals surface area contributed by atoms with Gasteiger partial charge in [0.05, 0.1) is 11.4 Å². The zero-order chi connectivity index (χ0) is 13.1. The third kappa shape index (κ3) is 6.67. The molecule has 0 aliphatic heterocycles. The predicted octanol–water partition coefficient (Wildman–Crippen LogP) is 5.57. The van der Waals surface area contributed by atoms with E-state index in [4.69, 9.17) is 0 Å². The molecule has 1 rings (SSSR count). The summed E-state index contributed by atoms with van der Waals surface area (Å²) in [5, 5.41) is 8.41. The Bertz CT molecular complexity index is 355. The molecular weight excluding hydrogens is 208 g/mol. The van der Waals surface area contributed by atoms with Crippen LogP contribution >= 0.6 is 0 Å². The Hall–Kier alpha value is -1.44. The largest absolute Gasteiger partial charge is 0.155 e. The van der Waals surface area contributed by atoms with Crippen molar-refractivity contribution >= 4 is 0 Å². The van der Waals surface area contributed by atoms with E-state index in [1.807, 2.05) is 52.0 Å². The van der Waals surface area contributed by atoms with Gasteiger partial charge in [-0.3, -0.25) is 0 Å². The Morgan fingerprint density at radius 2 is 1.88 bits per heavy atom. The summed E-state index contributed by atoms with van der Waals surface area (Å²) in [7, 11) is 0. The van der Waals surface area contributed by atoms with Crippen molar-refractivity contribution in [2.24, 2.45) is 10.2 Å². The summed E-state index contributed by atoms with van der Waals surface area (Å²) < 4.78 is 0. The molecule has 0 spiro atoms. The van der Waals surface area contributed by atoms with Crippen LogP contribution in [0.3, 0.4) is 0 Å². The van der Waals surface area contributed by atoms with Crippen molar-refractivity contribution in [3.63, 3.8) is 0 Å². The monoisotopic (exact) mass is 232 g/mol. The molecule has 0 aromatic carbocycles. The van der Waals surface area contributed by atoms with E-state index < -0.39 is 0 Å². The van der Waals surface area contributed by atoms with Crippen LogP contribution in [0.5, 0.6) is 0 Å². The van der Waals surface area contributed by atoms with Gasteiger partial charge in [0.2, 0.25) is 0 Å². The first-order valence-electron chi connectivity index (χ1n) is 6.33. The summed E-state index contributed by atoms with van der Waals surface area (Å²) >= 11 is 0. The number of nitrogens with zero attached hydrogens (tertiary/aromatic N) is 2. The molecule has 0 fully saturated rings. The van der Waals surface area contributed by atoms with E-state index in [0.717, 1.165) is 24.2 Å². The molecule has 0 saturated carbocycles. The maximum Gasteiger partial charge on any atom is 0.0811 e. The molecule has 1 aliphatic carbocycles. The van der Waals surface area contributed by atoms with Gasteiger partial charge in [-0.1, -0.05) is 37.6 Å². The number of allylic oxidation sites excluding steroid dienone is 7. The standard InChI is InChI=1S/C13H18N2.C2H6/c1-4-6-12(5-2)14-15-13-9-7-11(3)8-10-13;1-2/h4-7,9H,8,10H2,1-3H3;1-2H3/b6-4-,12-5+,15-14?;. The van der Waals surface area contributed by atoms with Crippen molar-refractivity contribution < 1.29 is 0 Å². The maximum atomic E-state index is 4.23. The highest BCUT2D eigenvalue weighted by atomic mass is 15.1. The molecule has 0 unspecified atom stereocenters. The lowest BCUT2D eigenvalue weighted by molar-refractivity contribution is 0.865. The summed E-state index contributed by atoms with van der Waals surface area (Å²) in [6.07, 6.45) is 12.1. The zero-order valence-electron chi connectivity index (χ0n) is 11.7. The molecule has 0 heterocycles. The van der Waals surface area contributed by atoms with Gasteiger partial charge < -0.3 is 0 Å². The minimum Gasteiger partial charge on any atom is -0.155 e. The lowest BCUT2D eigenvalue weighted by Gasteiger charge is -2.06. The lowest BCUT2D eigenvalue weighted by atomic mass is 10.1. The molecule has 0 aromatic rings. The average Bonchev–Trinajstić information content (AvgIpc) is 2.39. The fourth-order valence-corrected chi connectivity index (χ4v) is 1.29. The predicted molar refractivity (Wildman–Crippen MR) is 75.8 cm³/mol. The molecule has 0 N–H and O–H groups in total. The fourth-order valence-electron chi connectivity index (χ4n) is 1.29. The summed E-state index contributed by atoms with van der Waals surface area (Å²) in [6, 6.07) is 0. The quantitative estimate of drug-likeness (QED) is 0.449. The molecule has 0 aromatic heterocycles. The van der Waals surface area contributed by atoms with Crippen LogP contribution in [0.15, 0.2) is 57.6 Å². The second-order valence-electron chi connectivity index (χ2n) is 3.58. The fraction of sp³-hybridized carbons (Fsp3) is 0.467. The molecular formula is C15H24N2. The molecule has 17 heavy (non-hydrogen) atoms. The van der Waals surface area contributed by atoms with Gasteiger partial charge in [-0.2, -0.15) is 10.2 Å². The number of hydrogen-bond donors (Lipinski definition) is 0. The highest BCUT2D eigenvalue weighted by Crippen LogP contribution is 2.19. The van der Waals surface area contributed by atoms with E-state index in [1.54, 1.807) is 0 Å². The molecule has 0 atom stereocenters. The lowest BCUT2D eigenvalue weighted by Crippen LogP contribution is -1.87. The molecule has 0 bridgehead atoms. The first-order chi connectivity index (χ1) is 8.26. The third-order valence-electron chi connectivity index (χ3n) is 2.26. The molecule has 94 valence electrons. The highest BCUT2D eigenvalue weighted by Gasteiger charge is 2.01. The Balaban J connectivity index is 0.00000121. The number of rotatable bonds is 3. The van der Waals surface area contributed by atoms with Crippen LogP contribution in [0.4, 0.5) is 0 Å². The van der Waals surface area contributed by atoms with Gasteiger partial charge in [-0.25, -0.2) is 0 Å². The van der Waals surface area contributed by atoms with E-state index in [2.05, 4.69) is 23.2 Å². The minimum absolute atomic E-state index is 0.907. The second-order valence-corrected chi connectivity index (χ2v) is 3.58. The van der Waals surface area contributed by atoms with Gasteiger partial charge in [-0.15, -0.1) is 0 Å². The first-order valence-corrected chi connectivity index (χ1v) is 6.33. The van der Waals surface area contributed by atoms with E-state index in [-0.39, 0.29) is 0 Å². The van der Waals surface area contributed by atoms with E-state index >= 15 is 0 Å². The third-order valence-corrected chi connectivity index (χ3v) is 2.26. The van der Waals surface area contributed by atoms with Crippen LogP contribution in [0.1, 0.15) is 47.5 Å². The van der Waals surface area contributed by atoms with Crippen molar-refractivity contribution in [3.05, 3.63) is 47.3 Å². The molecule has 1 aliphatic rings. The van der Waals surface area contributed by atoms with Crippen molar-refractivity contribution in [2.75, 3.05) is 0 Å². The summed E-state index contributed by atoms with van der Waals surface area (Å²) in [5.41, 5.74) is 3.38. The molecule has 2 nitrogen and oxygen atoms in total. The topological polar surface area (TPSA) is 24.7 Å². The Kier molecular flexibility index (Phi) is 8.94. The highest BCUT2D eigenvalue weighted by molar-refractivity contribution is 5.22. The van der Waals surface area contributed by atoms with Gasteiger partial charge >= 0.3 is 0 Å². The summed E-state index contributed by atoms with van der Waals surface area (Å²) in [5.74, 6) is 0. The van der Waals surface area contributed by atoms with Crippen LogP contribution in [0.2, 0.25) is 0 Å². The molecule has 0 saturated heterocycles. The van der Waals surface area contributed by atoms with Crippen LogP contribution < -0.4 is 0 Å². The minimum atomic E-state index is 0.907. The van der Waals surface area contributed by atoms with Crippen LogP contribution in [0, 0.1) is 0 Å². The summed E-state index contributed by atoms with van der Waals surface area (Å²) in [4.78, 5) is 0. The zero-order valence-corrected chi connectivity index (χ0v) is 11.7. The second kappa shape index (κ2) is 9.76. The van der Waals surface area contributed by atoms with Gasteiger partial charge in [0.1, 0.15) is 0 Å².